The number of ether oxygens (including phenoxy) is 2. The third-order valence-corrected chi connectivity index (χ3v) is 4.15. The van der Waals surface area contributed by atoms with Gasteiger partial charge in [-0.3, -0.25) is 0 Å². The van der Waals surface area contributed by atoms with Gasteiger partial charge in [0.05, 0.1) is 6.61 Å². The Hall–Kier alpha value is -0.810. The summed E-state index contributed by atoms with van der Waals surface area (Å²) in [4.78, 5) is 13.9. The molecule has 5 nitrogen and oxygen atoms in total. The number of nitrogens with zero attached hydrogens (tertiary/aromatic N) is 1. The van der Waals surface area contributed by atoms with E-state index in [1.54, 1.807) is 12.0 Å². The summed E-state index contributed by atoms with van der Waals surface area (Å²) >= 11 is 0. The van der Waals surface area contributed by atoms with Gasteiger partial charge >= 0.3 is 6.09 Å². The summed E-state index contributed by atoms with van der Waals surface area (Å²) in [6.07, 6.45) is 4.86. The van der Waals surface area contributed by atoms with Gasteiger partial charge in [-0.2, -0.15) is 0 Å². The van der Waals surface area contributed by atoms with Crippen LogP contribution in [0.5, 0.6) is 0 Å². The largest absolute Gasteiger partial charge is 0.444 e. The van der Waals surface area contributed by atoms with Crippen LogP contribution < -0.4 is 5.32 Å². The van der Waals surface area contributed by atoms with Gasteiger partial charge in [-0.15, -0.1) is 0 Å². The lowest BCUT2D eigenvalue weighted by Crippen LogP contribution is -2.43. The van der Waals surface area contributed by atoms with E-state index in [0.717, 1.165) is 12.5 Å². The van der Waals surface area contributed by atoms with Gasteiger partial charge in [-0.05, 0) is 46.0 Å². The van der Waals surface area contributed by atoms with E-state index < -0.39 is 5.60 Å². The molecule has 1 saturated carbocycles. The van der Waals surface area contributed by atoms with Crippen LogP contribution in [0.1, 0.15) is 53.4 Å². The number of hydrogen-bond donors (Lipinski definition) is 1. The summed E-state index contributed by atoms with van der Waals surface area (Å²) in [6, 6.07) is 0.605. The Bertz CT molecular complexity index is 328. The first kappa shape index (κ1) is 19.2. The van der Waals surface area contributed by atoms with Gasteiger partial charge in [0.2, 0.25) is 0 Å². The third kappa shape index (κ3) is 7.45. The molecular weight excluding hydrogens is 280 g/mol. The first-order valence-corrected chi connectivity index (χ1v) is 8.56. The highest BCUT2D eigenvalue weighted by molar-refractivity contribution is 5.68. The van der Waals surface area contributed by atoms with Crippen molar-refractivity contribution >= 4 is 6.09 Å². The molecule has 1 aliphatic rings. The molecule has 0 heterocycles. The maximum Gasteiger partial charge on any atom is 0.410 e. The van der Waals surface area contributed by atoms with Crippen LogP contribution in [-0.2, 0) is 9.47 Å². The Balaban J connectivity index is 2.36. The second-order valence-electron chi connectivity index (χ2n) is 7.20. The van der Waals surface area contributed by atoms with Crippen molar-refractivity contribution in [3.63, 3.8) is 0 Å². The number of nitrogens with one attached hydrogen (secondary N) is 1. The first-order valence-electron chi connectivity index (χ1n) is 8.56. The standard InChI is InChI=1S/C17H34N2O3/c1-6-14-7-8-15(13-14)18-9-10-19(11-12-21-5)16(20)22-17(2,3)4/h14-15,18H,6-13H2,1-5H3. The molecule has 0 saturated heterocycles. The highest BCUT2D eigenvalue weighted by atomic mass is 16.6. The molecular formula is C17H34N2O3. The quantitative estimate of drug-likeness (QED) is 0.748. The molecule has 0 radical (unpaired) electrons. The molecule has 0 aromatic carbocycles. The van der Waals surface area contributed by atoms with Gasteiger partial charge in [0.1, 0.15) is 5.60 Å². The summed E-state index contributed by atoms with van der Waals surface area (Å²) in [5, 5.41) is 3.58. The van der Waals surface area contributed by atoms with E-state index in [2.05, 4.69) is 12.2 Å². The first-order chi connectivity index (χ1) is 10.4. The van der Waals surface area contributed by atoms with Crippen molar-refractivity contribution in [3.8, 4) is 0 Å². The second-order valence-corrected chi connectivity index (χ2v) is 7.20. The molecule has 2 unspecified atom stereocenters. The zero-order valence-corrected chi connectivity index (χ0v) is 15.0. The maximum absolute atomic E-state index is 12.2. The average molecular weight is 314 g/mol. The van der Waals surface area contributed by atoms with Gasteiger partial charge in [0.25, 0.3) is 0 Å². The molecule has 5 heteroatoms. The smallest absolute Gasteiger partial charge is 0.410 e. The van der Waals surface area contributed by atoms with Crippen LogP contribution in [0.25, 0.3) is 0 Å². The highest BCUT2D eigenvalue weighted by Gasteiger charge is 2.24. The predicted molar refractivity (Wildman–Crippen MR) is 89.1 cm³/mol. The molecule has 0 spiro atoms. The number of amides is 1. The van der Waals surface area contributed by atoms with E-state index in [-0.39, 0.29) is 6.09 Å². The summed E-state index contributed by atoms with van der Waals surface area (Å²) in [6.45, 7) is 10.5. The SMILES string of the molecule is CCC1CCC(NCCN(CCOC)C(=O)OC(C)(C)C)C1. The van der Waals surface area contributed by atoms with Crippen molar-refractivity contribution < 1.29 is 14.3 Å². The Kier molecular flexibility index (Phi) is 8.18. The van der Waals surface area contributed by atoms with Gasteiger partial charge in [0, 0.05) is 32.8 Å². The van der Waals surface area contributed by atoms with Gasteiger partial charge in [-0.25, -0.2) is 4.79 Å². The molecule has 0 aromatic rings. The minimum atomic E-state index is -0.463. The Morgan fingerprint density at radius 2 is 2.00 bits per heavy atom. The zero-order valence-electron chi connectivity index (χ0n) is 15.0. The van der Waals surface area contributed by atoms with E-state index in [4.69, 9.17) is 9.47 Å². The summed E-state index contributed by atoms with van der Waals surface area (Å²) in [5.41, 5.74) is -0.463. The van der Waals surface area contributed by atoms with Crippen molar-refractivity contribution in [2.45, 2.75) is 65.0 Å². The molecule has 130 valence electrons. The second kappa shape index (κ2) is 9.36. The monoisotopic (exact) mass is 314 g/mol. The minimum absolute atomic E-state index is 0.260. The number of methoxy groups -OCH3 is 1. The number of hydrogen-bond acceptors (Lipinski definition) is 4. The van der Waals surface area contributed by atoms with E-state index in [9.17, 15) is 4.79 Å². The van der Waals surface area contributed by atoms with E-state index in [0.29, 0.717) is 25.7 Å². The number of carbonyl (C=O) groups excluding carboxylic acids is 1. The van der Waals surface area contributed by atoms with Crippen LogP contribution in [0.4, 0.5) is 4.79 Å². The molecule has 1 aliphatic carbocycles. The lowest BCUT2D eigenvalue weighted by molar-refractivity contribution is 0.0203. The molecule has 22 heavy (non-hydrogen) atoms. The van der Waals surface area contributed by atoms with Crippen LogP contribution in [0.15, 0.2) is 0 Å². The van der Waals surface area contributed by atoms with E-state index in [1.807, 2.05) is 20.8 Å². The van der Waals surface area contributed by atoms with E-state index in [1.165, 1.54) is 25.7 Å². The van der Waals surface area contributed by atoms with Gasteiger partial charge in [-0.1, -0.05) is 13.3 Å². The van der Waals surface area contributed by atoms with Crippen LogP contribution in [0.3, 0.4) is 0 Å². The topological polar surface area (TPSA) is 50.8 Å². The molecule has 1 N–H and O–H groups in total. The molecule has 1 fully saturated rings. The van der Waals surface area contributed by atoms with Crippen LogP contribution in [0, 0.1) is 5.92 Å². The van der Waals surface area contributed by atoms with Crippen LogP contribution in [-0.4, -0.2) is 56.0 Å². The summed E-state index contributed by atoms with van der Waals surface area (Å²) in [5.74, 6) is 0.868. The van der Waals surface area contributed by atoms with Crippen LogP contribution in [0.2, 0.25) is 0 Å². The molecule has 2 atom stereocenters. The summed E-state index contributed by atoms with van der Waals surface area (Å²) in [7, 11) is 1.65. The van der Waals surface area contributed by atoms with Crippen molar-refractivity contribution in [1.82, 2.24) is 10.2 Å². The number of rotatable bonds is 8. The van der Waals surface area contributed by atoms with Crippen molar-refractivity contribution in [2.24, 2.45) is 5.92 Å². The van der Waals surface area contributed by atoms with Crippen molar-refractivity contribution in [1.29, 1.82) is 0 Å². The Morgan fingerprint density at radius 1 is 1.27 bits per heavy atom. The lowest BCUT2D eigenvalue weighted by atomic mass is 10.1. The molecule has 1 amide bonds. The molecule has 0 aromatic heterocycles. The third-order valence-electron chi connectivity index (χ3n) is 4.15. The maximum atomic E-state index is 12.2. The van der Waals surface area contributed by atoms with Gasteiger partial charge in [0.15, 0.2) is 0 Å². The van der Waals surface area contributed by atoms with Crippen molar-refractivity contribution in [3.05, 3.63) is 0 Å². The predicted octanol–water partition coefficient (Wildman–Crippen LogP) is 3.04. The minimum Gasteiger partial charge on any atom is -0.444 e. The Labute approximate surface area is 135 Å². The fourth-order valence-corrected chi connectivity index (χ4v) is 2.86. The number of carbonyl (C=O) groups is 1. The molecule has 0 aliphatic heterocycles. The van der Waals surface area contributed by atoms with Crippen molar-refractivity contribution in [2.75, 3.05) is 33.4 Å². The van der Waals surface area contributed by atoms with Gasteiger partial charge < -0.3 is 19.7 Å². The normalized spacial score (nSPS) is 21.9. The summed E-state index contributed by atoms with van der Waals surface area (Å²) < 4.78 is 10.5. The van der Waals surface area contributed by atoms with Crippen LogP contribution >= 0.6 is 0 Å². The highest BCUT2D eigenvalue weighted by Crippen LogP contribution is 2.27. The Morgan fingerprint density at radius 3 is 2.55 bits per heavy atom. The average Bonchev–Trinajstić information content (AvgIpc) is 2.88. The zero-order chi connectivity index (χ0) is 16.6. The fraction of sp³-hybridized carbons (Fsp3) is 0.941. The van der Waals surface area contributed by atoms with E-state index >= 15 is 0 Å². The lowest BCUT2D eigenvalue weighted by Gasteiger charge is -2.27. The molecule has 1 rings (SSSR count). The molecule has 0 bridgehead atoms. The fourth-order valence-electron chi connectivity index (χ4n) is 2.86.